The molecule has 8 heteroatoms. The molecule has 0 saturated carbocycles. The first kappa shape index (κ1) is 13.7. The standard InChI is InChI=1S/C11H12ClN3O4/c12-10-4-8(9(5-13-10)15(18)19)11(17)14-3-1-2-7(16)6-14/h4-5,7,16H,1-3,6H2. The van der Waals surface area contributed by atoms with E-state index in [1.165, 1.54) is 11.0 Å². The van der Waals surface area contributed by atoms with Gasteiger partial charge in [-0.05, 0) is 18.9 Å². The molecular formula is C11H12ClN3O4. The number of amides is 1. The zero-order valence-electron chi connectivity index (χ0n) is 9.95. The number of piperidine rings is 1. The van der Waals surface area contributed by atoms with Crippen molar-refractivity contribution in [2.75, 3.05) is 13.1 Å². The highest BCUT2D eigenvalue weighted by Gasteiger charge is 2.28. The zero-order chi connectivity index (χ0) is 14.0. The van der Waals surface area contributed by atoms with E-state index in [1.54, 1.807) is 0 Å². The summed E-state index contributed by atoms with van der Waals surface area (Å²) < 4.78 is 0. The van der Waals surface area contributed by atoms with Crippen molar-refractivity contribution in [1.29, 1.82) is 0 Å². The molecule has 0 bridgehead atoms. The van der Waals surface area contributed by atoms with Gasteiger partial charge in [-0.1, -0.05) is 11.6 Å². The molecular weight excluding hydrogens is 274 g/mol. The van der Waals surface area contributed by atoms with E-state index in [0.29, 0.717) is 19.4 Å². The van der Waals surface area contributed by atoms with Crippen molar-refractivity contribution < 1.29 is 14.8 Å². The second kappa shape index (κ2) is 5.50. The number of β-amino-alcohol motifs (C(OH)–C–C–N with tert-alkyl or cyclic N) is 1. The predicted octanol–water partition coefficient (Wildman–Crippen LogP) is 1.24. The number of nitrogens with zero attached hydrogens (tertiary/aromatic N) is 3. The van der Waals surface area contributed by atoms with Gasteiger partial charge in [0.1, 0.15) is 16.9 Å². The third-order valence-electron chi connectivity index (χ3n) is 2.96. The minimum Gasteiger partial charge on any atom is -0.391 e. The lowest BCUT2D eigenvalue weighted by atomic mass is 10.1. The monoisotopic (exact) mass is 285 g/mol. The van der Waals surface area contributed by atoms with Crippen molar-refractivity contribution in [2.45, 2.75) is 18.9 Å². The molecule has 1 atom stereocenters. The first-order valence-corrected chi connectivity index (χ1v) is 6.14. The van der Waals surface area contributed by atoms with Crippen molar-refractivity contribution >= 4 is 23.2 Å². The lowest BCUT2D eigenvalue weighted by Gasteiger charge is -2.29. The lowest BCUT2D eigenvalue weighted by molar-refractivity contribution is -0.385. The quantitative estimate of drug-likeness (QED) is 0.501. The molecule has 0 radical (unpaired) electrons. The average Bonchev–Trinajstić information content (AvgIpc) is 2.37. The summed E-state index contributed by atoms with van der Waals surface area (Å²) in [5, 5.41) is 20.4. The van der Waals surface area contributed by atoms with E-state index in [4.69, 9.17) is 11.6 Å². The number of hydrogen-bond acceptors (Lipinski definition) is 5. The molecule has 102 valence electrons. The van der Waals surface area contributed by atoms with Crippen LogP contribution in [-0.4, -0.2) is 45.0 Å². The van der Waals surface area contributed by atoms with Crippen LogP contribution in [0.2, 0.25) is 5.15 Å². The topological polar surface area (TPSA) is 96.6 Å². The molecule has 1 amide bonds. The molecule has 0 aromatic carbocycles. The smallest absolute Gasteiger partial charge is 0.300 e. The summed E-state index contributed by atoms with van der Waals surface area (Å²) in [7, 11) is 0. The first-order chi connectivity index (χ1) is 8.99. The first-order valence-electron chi connectivity index (χ1n) is 5.76. The largest absolute Gasteiger partial charge is 0.391 e. The molecule has 1 aromatic heterocycles. The maximum atomic E-state index is 12.2. The number of carbonyl (C=O) groups excluding carboxylic acids is 1. The second-order valence-electron chi connectivity index (χ2n) is 4.33. The lowest BCUT2D eigenvalue weighted by Crippen LogP contribution is -2.42. The Kier molecular flexibility index (Phi) is 3.96. The number of carbonyl (C=O) groups is 1. The minimum absolute atomic E-state index is 0.0199. The van der Waals surface area contributed by atoms with Gasteiger partial charge in [0.05, 0.1) is 11.0 Å². The number of hydrogen-bond donors (Lipinski definition) is 1. The molecule has 1 saturated heterocycles. The van der Waals surface area contributed by atoms with Crippen molar-refractivity contribution in [2.24, 2.45) is 0 Å². The predicted molar refractivity (Wildman–Crippen MR) is 67.0 cm³/mol. The van der Waals surface area contributed by atoms with Crippen molar-refractivity contribution in [3.63, 3.8) is 0 Å². The molecule has 2 rings (SSSR count). The van der Waals surface area contributed by atoms with E-state index < -0.39 is 16.9 Å². The van der Waals surface area contributed by atoms with Gasteiger partial charge in [-0.15, -0.1) is 0 Å². The third-order valence-corrected chi connectivity index (χ3v) is 3.17. The van der Waals surface area contributed by atoms with Gasteiger partial charge in [0.15, 0.2) is 0 Å². The van der Waals surface area contributed by atoms with Crippen LogP contribution in [0, 0.1) is 10.1 Å². The summed E-state index contributed by atoms with van der Waals surface area (Å²) in [6, 6.07) is 1.18. The molecule has 1 aromatic rings. The normalized spacial score (nSPS) is 19.3. The number of aromatic nitrogens is 1. The molecule has 1 N–H and O–H groups in total. The van der Waals surface area contributed by atoms with E-state index in [9.17, 15) is 20.0 Å². The number of likely N-dealkylation sites (tertiary alicyclic amines) is 1. The Morgan fingerprint density at radius 3 is 3.00 bits per heavy atom. The minimum atomic E-state index is -0.670. The summed E-state index contributed by atoms with van der Waals surface area (Å²) in [4.78, 5) is 27.5. The Balaban J connectivity index is 2.32. The fourth-order valence-corrected chi connectivity index (χ4v) is 2.21. The van der Waals surface area contributed by atoms with Crippen LogP contribution in [0.3, 0.4) is 0 Å². The highest BCUT2D eigenvalue weighted by Crippen LogP contribution is 2.23. The highest BCUT2D eigenvalue weighted by atomic mass is 35.5. The van der Waals surface area contributed by atoms with Crippen LogP contribution in [0.1, 0.15) is 23.2 Å². The fraction of sp³-hybridized carbons (Fsp3) is 0.455. The van der Waals surface area contributed by atoms with Crippen LogP contribution < -0.4 is 0 Å². The molecule has 19 heavy (non-hydrogen) atoms. The van der Waals surface area contributed by atoms with Crippen molar-refractivity contribution in [1.82, 2.24) is 9.88 Å². The number of aliphatic hydroxyl groups excluding tert-OH is 1. The molecule has 0 aliphatic carbocycles. The van der Waals surface area contributed by atoms with Crippen molar-refractivity contribution in [3.05, 3.63) is 33.1 Å². The SMILES string of the molecule is O=C(c1cc(Cl)ncc1[N+](=O)[O-])N1CCCC(O)C1. The number of aliphatic hydroxyl groups is 1. The van der Waals surface area contributed by atoms with E-state index in [2.05, 4.69) is 4.98 Å². The van der Waals surface area contributed by atoms with Crippen LogP contribution in [0.4, 0.5) is 5.69 Å². The van der Waals surface area contributed by atoms with Crippen molar-refractivity contribution in [3.8, 4) is 0 Å². The Morgan fingerprint density at radius 2 is 2.37 bits per heavy atom. The zero-order valence-corrected chi connectivity index (χ0v) is 10.7. The number of pyridine rings is 1. The van der Waals surface area contributed by atoms with Crippen LogP contribution in [0.5, 0.6) is 0 Å². The van der Waals surface area contributed by atoms with Crippen LogP contribution in [0.15, 0.2) is 12.3 Å². The Labute approximate surface area is 114 Å². The van der Waals surface area contributed by atoms with E-state index >= 15 is 0 Å². The molecule has 2 heterocycles. The Hall–Kier alpha value is -1.73. The van der Waals surface area contributed by atoms with Gasteiger partial charge >= 0.3 is 0 Å². The van der Waals surface area contributed by atoms with Crippen LogP contribution in [-0.2, 0) is 0 Å². The number of nitro groups is 1. The van der Waals surface area contributed by atoms with Gasteiger partial charge in [-0.2, -0.15) is 0 Å². The third kappa shape index (κ3) is 2.99. The molecule has 1 aliphatic rings. The molecule has 1 unspecified atom stereocenters. The summed E-state index contributed by atoms with van der Waals surface area (Å²) in [6.45, 7) is 0.642. The molecule has 1 aliphatic heterocycles. The Bertz CT molecular complexity index is 523. The summed E-state index contributed by atoms with van der Waals surface area (Å²) >= 11 is 5.68. The number of rotatable bonds is 2. The van der Waals surface area contributed by atoms with Crippen LogP contribution >= 0.6 is 11.6 Å². The van der Waals surface area contributed by atoms with E-state index in [0.717, 1.165) is 6.20 Å². The second-order valence-corrected chi connectivity index (χ2v) is 4.72. The summed E-state index contributed by atoms with van der Waals surface area (Å²) in [6.07, 6.45) is 1.67. The van der Waals surface area contributed by atoms with Gasteiger partial charge < -0.3 is 10.0 Å². The Morgan fingerprint density at radius 1 is 1.63 bits per heavy atom. The van der Waals surface area contributed by atoms with Gasteiger partial charge in [0.25, 0.3) is 11.6 Å². The van der Waals surface area contributed by atoms with E-state index in [1.807, 2.05) is 0 Å². The summed E-state index contributed by atoms with van der Waals surface area (Å²) in [5.41, 5.74) is -0.478. The summed E-state index contributed by atoms with van der Waals surface area (Å²) in [5.74, 6) is -0.505. The average molecular weight is 286 g/mol. The van der Waals surface area contributed by atoms with Gasteiger partial charge in [0.2, 0.25) is 0 Å². The molecule has 1 fully saturated rings. The maximum Gasteiger partial charge on any atom is 0.300 e. The van der Waals surface area contributed by atoms with Gasteiger partial charge in [0, 0.05) is 13.1 Å². The van der Waals surface area contributed by atoms with E-state index in [-0.39, 0.29) is 22.9 Å². The fourth-order valence-electron chi connectivity index (χ4n) is 2.05. The number of halogens is 1. The highest BCUT2D eigenvalue weighted by molar-refractivity contribution is 6.29. The van der Waals surface area contributed by atoms with Gasteiger partial charge in [-0.25, -0.2) is 4.98 Å². The molecule has 0 spiro atoms. The van der Waals surface area contributed by atoms with Crippen LogP contribution in [0.25, 0.3) is 0 Å². The molecule has 7 nitrogen and oxygen atoms in total. The van der Waals surface area contributed by atoms with Gasteiger partial charge in [-0.3, -0.25) is 14.9 Å². The maximum absolute atomic E-state index is 12.2.